The Morgan fingerprint density at radius 1 is 1.42 bits per heavy atom. The van der Waals surface area contributed by atoms with Crippen molar-refractivity contribution in [3.63, 3.8) is 0 Å². The molecule has 0 spiro atoms. The van der Waals surface area contributed by atoms with Gasteiger partial charge >= 0.3 is 0 Å². The SMILES string of the molecule is OC1(c2cccc(Br)c2)CSC1. The largest absolute Gasteiger partial charge is 0.383 e. The predicted molar refractivity (Wildman–Crippen MR) is 55.4 cm³/mol. The summed E-state index contributed by atoms with van der Waals surface area (Å²) in [7, 11) is 0. The number of hydrogen-bond acceptors (Lipinski definition) is 2. The zero-order valence-electron chi connectivity index (χ0n) is 6.46. The molecule has 1 saturated heterocycles. The smallest absolute Gasteiger partial charge is 0.108 e. The summed E-state index contributed by atoms with van der Waals surface area (Å²) in [5, 5.41) is 9.96. The maximum atomic E-state index is 9.96. The minimum Gasteiger partial charge on any atom is -0.383 e. The maximum absolute atomic E-state index is 9.96. The molecule has 1 nitrogen and oxygen atoms in total. The fourth-order valence-electron chi connectivity index (χ4n) is 1.24. The van der Waals surface area contributed by atoms with Gasteiger partial charge in [-0.3, -0.25) is 0 Å². The minimum absolute atomic E-state index is 0.561. The van der Waals surface area contributed by atoms with Crippen LogP contribution in [0.5, 0.6) is 0 Å². The average molecular weight is 245 g/mol. The van der Waals surface area contributed by atoms with Gasteiger partial charge in [-0.15, -0.1) is 0 Å². The average Bonchev–Trinajstić information content (AvgIpc) is 2.00. The van der Waals surface area contributed by atoms with Crippen molar-refractivity contribution < 1.29 is 5.11 Å². The van der Waals surface area contributed by atoms with Gasteiger partial charge < -0.3 is 5.11 Å². The van der Waals surface area contributed by atoms with Crippen molar-refractivity contribution in [2.45, 2.75) is 5.60 Å². The van der Waals surface area contributed by atoms with Crippen LogP contribution in [0, 0.1) is 0 Å². The van der Waals surface area contributed by atoms with Crippen molar-refractivity contribution in [3.8, 4) is 0 Å². The molecule has 0 unspecified atom stereocenters. The third-order valence-electron chi connectivity index (χ3n) is 2.04. The summed E-state index contributed by atoms with van der Waals surface area (Å²) in [5.41, 5.74) is 0.463. The third-order valence-corrected chi connectivity index (χ3v) is 3.90. The van der Waals surface area contributed by atoms with E-state index in [1.807, 2.05) is 24.3 Å². The van der Waals surface area contributed by atoms with E-state index >= 15 is 0 Å². The van der Waals surface area contributed by atoms with Crippen LogP contribution < -0.4 is 0 Å². The number of benzene rings is 1. The van der Waals surface area contributed by atoms with Gasteiger partial charge in [-0.25, -0.2) is 0 Å². The summed E-state index contributed by atoms with van der Waals surface area (Å²) in [6, 6.07) is 7.89. The first kappa shape index (κ1) is 8.60. The molecule has 1 fully saturated rings. The molecule has 0 amide bonds. The van der Waals surface area contributed by atoms with Crippen LogP contribution in [0.2, 0.25) is 0 Å². The standard InChI is InChI=1S/C9H9BrOS/c10-8-3-1-2-7(4-8)9(11)5-12-6-9/h1-4,11H,5-6H2. The van der Waals surface area contributed by atoms with E-state index in [1.54, 1.807) is 11.8 Å². The molecular weight excluding hydrogens is 236 g/mol. The van der Waals surface area contributed by atoms with Gasteiger partial charge in [-0.1, -0.05) is 28.1 Å². The van der Waals surface area contributed by atoms with Gasteiger partial charge in [0.05, 0.1) is 0 Å². The Kier molecular flexibility index (Phi) is 2.19. The lowest BCUT2D eigenvalue weighted by Crippen LogP contribution is -2.39. The van der Waals surface area contributed by atoms with Crippen molar-refractivity contribution in [1.82, 2.24) is 0 Å². The fourth-order valence-corrected chi connectivity index (χ4v) is 2.56. The first-order valence-corrected chi connectivity index (χ1v) is 5.72. The maximum Gasteiger partial charge on any atom is 0.108 e. The van der Waals surface area contributed by atoms with Crippen LogP contribution in [0.4, 0.5) is 0 Å². The van der Waals surface area contributed by atoms with Crippen molar-refractivity contribution in [2.75, 3.05) is 11.5 Å². The number of rotatable bonds is 1. The Labute approximate surface area is 84.3 Å². The summed E-state index contributed by atoms with van der Waals surface area (Å²) >= 11 is 5.17. The lowest BCUT2D eigenvalue weighted by molar-refractivity contribution is 0.0768. The molecule has 12 heavy (non-hydrogen) atoms. The van der Waals surface area contributed by atoms with E-state index in [0.717, 1.165) is 21.5 Å². The Morgan fingerprint density at radius 2 is 2.17 bits per heavy atom. The monoisotopic (exact) mass is 244 g/mol. The third kappa shape index (κ3) is 1.41. The molecule has 1 aliphatic rings. The molecule has 1 aliphatic heterocycles. The van der Waals surface area contributed by atoms with Crippen LogP contribution in [0.15, 0.2) is 28.7 Å². The van der Waals surface area contributed by atoms with Crippen molar-refractivity contribution >= 4 is 27.7 Å². The molecule has 1 aromatic carbocycles. The first-order chi connectivity index (χ1) is 5.71. The van der Waals surface area contributed by atoms with Crippen LogP contribution in [0.1, 0.15) is 5.56 Å². The van der Waals surface area contributed by atoms with Crippen molar-refractivity contribution in [3.05, 3.63) is 34.3 Å². The second-order valence-electron chi connectivity index (χ2n) is 3.03. The summed E-state index contributed by atoms with van der Waals surface area (Å²) in [4.78, 5) is 0. The lowest BCUT2D eigenvalue weighted by Gasteiger charge is -2.36. The highest BCUT2D eigenvalue weighted by molar-refractivity contribution is 9.10. The Morgan fingerprint density at radius 3 is 2.67 bits per heavy atom. The molecule has 0 saturated carbocycles. The molecule has 1 heterocycles. The number of aliphatic hydroxyl groups is 1. The van der Waals surface area contributed by atoms with Crippen LogP contribution in [0.25, 0.3) is 0 Å². The predicted octanol–water partition coefficient (Wildman–Crippen LogP) is 2.38. The summed E-state index contributed by atoms with van der Waals surface area (Å²) in [6.07, 6.45) is 0. The van der Waals surface area contributed by atoms with Crippen molar-refractivity contribution in [2.24, 2.45) is 0 Å². The number of thioether (sulfide) groups is 1. The van der Waals surface area contributed by atoms with Gasteiger partial charge in [0.25, 0.3) is 0 Å². The van der Waals surface area contributed by atoms with E-state index in [2.05, 4.69) is 15.9 Å². The highest BCUT2D eigenvalue weighted by Crippen LogP contribution is 2.38. The van der Waals surface area contributed by atoms with Crippen LogP contribution in [0.3, 0.4) is 0 Å². The normalized spacial score (nSPS) is 20.2. The van der Waals surface area contributed by atoms with Crippen LogP contribution >= 0.6 is 27.7 Å². The highest BCUT2D eigenvalue weighted by atomic mass is 79.9. The molecular formula is C9H9BrOS. The van der Waals surface area contributed by atoms with E-state index in [1.165, 1.54) is 0 Å². The molecule has 2 rings (SSSR count). The molecule has 1 N–H and O–H groups in total. The minimum atomic E-state index is -0.561. The molecule has 0 radical (unpaired) electrons. The van der Waals surface area contributed by atoms with Gasteiger partial charge in [0.2, 0.25) is 0 Å². The topological polar surface area (TPSA) is 20.2 Å². The number of hydrogen-bond donors (Lipinski definition) is 1. The summed E-state index contributed by atoms with van der Waals surface area (Å²) in [6.45, 7) is 0. The Balaban J connectivity index is 2.33. The lowest BCUT2D eigenvalue weighted by atomic mass is 9.97. The molecule has 1 aromatic rings. The van der Waals surface area contributed by atoms with E-state index in [9.17, 15) is 5.11 Å². The number of halogens is 1. The van der Waals surface area contributed by atoms with E-state index in [-0.39, 0.29) is 0 Å². The molecule has 0 bridgehead atoms. The highest BCUT2D eigenvalue weighted by Gasteiger charge is 2.36. The van der Waals surface area contributed by atoms with Gasteiger partial charge in [0, 0.05) is 16.0 Å². The second-order valence-corrected chi connectivity index (χ2v) is 4.94. The van der Waals surface area contributed by atoms with Crippen molar-refractivity contribution in [1.29, 1.82) is 0 Å². The van der Waals surface area contributed by atoms with Gasteiger partial charge in [-0.2, -0.15) is 11.8 Å². The zero-order chi connectivity index (χ0) is 8.60. The molecule has 0 aromatic heterocycles. The Bertz CT molecular complexity index is 296. The van der Waals surface area contributed by atoms with Gasteiger partial charge in [-0.05, 0) is 17.7 Å². The van der Waals surface area contributed by atoms with Crippen LogP contribution in [-0.2, 0) is 5.60 Å². The quantitative estimate of drug-likeness (QED) is 0.819. The van der Waals surface area contributed by atoms with Gasteiger partial charge in [0.1, 0.15) is 5.60 Å². The van der Waals surface area contributed by atoms with Gasteiger partial charge in [0.15, 0.2) is 0 Å². The summed E-state index contributed by atoms with van der Waals surface area (Å²) in [5.74, 6) is 1.65. The Hall–Kier alpha value is 0.01000. The fraction of sp³-hybridized carbons (Fsp3) is 0.333. The molecule has 64 valence electrons. The molecule has 0 aliphatic carbocycles. The van der Waals surface area contributed by atoms with E-state index in [4.69, 9.17) is 0 Å². The van der Waals surface area contributed by atoms with E-state index < -0.39 is 5.60 Å². The van der Waals surface area contributed by atoms with E-state index in [0.29, 0.717) is 0 Å². The first-order valence-electron chi connectivity index (χ1n) is 3.77. The second kappa shape index (κ2) is 3.05. The molecule has 3 heteroatoms. The van der Waals surface area contributed by atoms with Crippen LogP contribution in [-0.4, -0.2) is 16.6 Å². The molecule has 0 atom stereocenters. The zero-order valence-corrected chi connectivity index (χ0v) is 8.86. The summed E-state index contributed by atoms with van der Waals surface area (Å²) < 4.78 is 1.03.